The highest BCUT2D eigenvalue weighted by atomic mass is 16.6. The summed E-state index contributed by atoms with van der Waals surface area (Å²) in [5.41, 5.74) is 1.31. The van der Waals surface area contributed by atoms with Gasteiger partial charge in [0, 0.05) is 0 Å². The topological polar surface area (TPSA) is 103 Å². The van der Waals surface area contributed by atoms with E-state index in [-0.39, 0.29) is 18.2 Å². The van der Waals surface area contributed by atoms with Crippen LogP contribution in [0, 0.1) is 0 Å². The zero-order chi connectivity index (χ0) is 22.1. The fourth-order valence-corrected chi connectivity index (χ4v) is 2.83. The van der Waals surface area contributed by atoms with Crippen molar-refractivity contribution < 1.29 is 33.6 Å². The zero-order valence-electron chi connectivity index (χ0n) is 17.3. The summed E-state index contributed by atoms with van der Waals surface area (Å²) in [4.78, 5) is 24.5. The molecule has 0 aliphatic carbocycles. The van der Waals surface area contributed by atoms with E-state index in [1.165, 1.54) is 14.2 Å². The van der Waals surface area contributed by atoms with Gasteiger partial charge in [-0.1, -0.05) is 12.1 Å². The van der Waals surface area contributed by atoms with Gasteiger partial charge >= 0.3 is 11.9 Å². The number of benzene rings is 1. The van der Waals surface area contributed by atoms with Crippen LogP contribution in [0.1, 0.15) is 18.9 Å². The predicted octanol–water partition coefficient (Wildman–Crippen LogP) is 2.03. The number of allylic oxidation sites excluding steroid dienone is 3. The van der Waals surface area contributed by atoms with Crippen molar-refractivity contribution in [1.29, 1.82) is 0 Å². The summed E-state index contributed by atoms with van der Waals surface area (Å²) in [5, 5.41) is 13.3. The molecule has 1 aromatic carbocycles. The molecule has 3 atom stereocenters. The Hall–Kier alpha value is -3.26. The number of nitrogens with one attached hydrogen (secondary N) is 1. The Labute approximate surface area is 175 Å². The SMILES string of the molecule is C=CCc1ccc(OC(O)C[C@H](OC(=O)C2=CC=CNC2C)C(=O)OC)c(OC)c1. The van der Waals surface area contributed by atoms with Gasteiger partial charge in [-0.3, -0.25) is 0 Å². The van der Waals surface area contributed by atoms with Gasteiger partial charge in [0.15, 0.2) is 11.5 Å². The molecule has 30 heavy (non-hydrogen) atoms. The number of dihydropyridines is 1. The van der Waals surface area contributed by atoms with Crippen LogP contribution in [0.15, 0.2) is 54.8 Å². The van der Waals surface area contributed by atoms with Crippen LogP contribution in [0.4, 0.5) is 0 Å². The first kappa shape index (κ1) is 23.0. The molecule has 8 heteroatoms. The van der Waals surface area contributed by atoms with Crippen molar-refractivity contribution in [1.82, 2.24) is 5.32 Å². The van der Waals surface area contributed by atoms with Crippen molar-refractivity contribution in [2.75, 3.05) is 14.2 Å². The third-order valence-electron chi connectivity index (χ3n) is 4.42. The quantitative estimate of drug-likeness (QED) is 0.339. The van der Waals surface area contributed by atoms with Crippen LogP contribution in [-0.4, -0.2) is 49.7 Å². The fourth-order valence-electron chi connectivity index (χ4n) is 2.83. The molecule has 0 spiro atoms. The average Bonchev–Trinajstić information content (AvgIpc) is 2.74. The van der Waals surface area contributed by atoms with Gasteiger partial charge in [-0.2, -0.15) is 0 Å². The molecule has 0 amide bonds. The normalized spacial score (nSPS) is 17.1. The number of esters is 2. The predicted molar refractivity (Wildman–Crippen MR) is 110 cm³/mol. The monoisotopic (exact) mass is 417 g/mol. The van der Waals surface area contributed by atoms with Gasteiger partial charge in [-0.25, -0.2) is 9.59 Å². The molecule has 0 saturated heterocycles. The number of carbonyl (C=O) groups excluding carboxylic acids is 2. The Bertz CT molecular complexity index is 831. The van der Waals surface area contributed by atoms with E-state index in [0.29, 0.717) is 17.7 Å². The molecule has 2 N–H and O–H groups in total. The summed E-state index contributed by atoms with van der Waals surface area (Å²) in [7, 11) is 2.65. The minimum absolute atomic E-state index is 0.277. The average molecular weight is 417 g/mol. The molecule has 1 heterocycles. The number of carbonyl (C=O) groups is 2. The Kier molecular flexibility index (Phi) is 8.49. The Morgan fingerprint density at radius 2 is 2.07 bits per heavy atom. The highest BCUT2D eigenvalue weighted by molar-refractivity contribution is 5.92. The molecule has 0 bridgehead atoms. The summed E-state index contributed by atoms with van der Waals surface area (Å²) >= 11 is 0. The van der Waals surface area contributed by atoms with Gasteiger partial charge in [-0.05, 0) is 49.4 Å². The lowest BCUT2D eigenvalue weighted by molar-refractivity contribution is -0.169. The number of aliphatic hydroxyl groups is 1. The van der Waals surface area contributed by atoms with Gasteiger partial charge in [0.1, 0.15) is 0 Å². The third-order valence-corrected chi connectivity index (χ3v) is 4.42. The number of aliphatic hydroxyl groups excluding tert-OH is 1. The smallest absolute Gasteiger partial charge is 0.347 e. The van der Waals surface area contributed by atoms with Crippen LogP contribution < -0.4 is 14.8 Å². The molecule has 162 valence electrons. The molecule has 1 aliphatic heterocycles. The van der Waals surface area contributed by atoms with E-state index in [9.17, 15) is 14.7 Å². The molecule has 2 unspecified atom stereocenters. The first-order valence-electron chi connectivity index (χ1n) is 9.43. The first-order valence-corrected chi connectivity index (χ1v) is 9.43. The van der Waals surface area contributed by atoms with E-state index in [4.69, 9.17) is 18.9 Å². The molecule has 0 fully saturated rings. The summed E-state index contributed by atoms with van der Waals surface area (Å²) in [6.07, 6.45) is 4.25. The zero-order valence-corrected chi connectivity index (χ0v) is 17.3. The van der Waals surface area contributed by atoms with E-state index < -0.39 is 24.3 Å². The molecule has 0 saturated carbocycles. The van der Waals surface area contributed by atoms with Gasteiger partial charge in [0.2, 0.25) is 12.4 Å². The number of hydrogen-bond donors (Lipinski definition) is 2. The Morgan fingerprint density at radius 3 is 2.70 bits per heavy atom. The van der Waals surface area contributed by atoms with Gasteiger partial charge in [-0.15, -0.1) is 6.58 Å². The summed E-state index contributed by atoms with van der Waals surface area (Å²) in [6, 6.07) is 4.94. The lowest BCUT2D eigenvalue weighted by Crippen LogP contribution is -2.37. The minimum Gasteiger partial charge on any atom is -0.493 e. The van der Waals surface area contributed by atoms with Crippen molar-refractivity contribution >= 4 is 11.9 Å². The molecule has 1 aromatic rings. The van der Waals surface area contributed by atoms with Crippen LogP contribution in [0.5, 0.6) is 11.5 Å². The standard InChI is InChI=1S/C22H27NO7/c1-5-7-15-9-10-17(18(12-15)27-3)29-20(24)13-19(22(26)28-4)30-21(25)16-8-6-11-23-14(16)2/h5-6,8-12,14,19-20,23-24H,1,7,13H2,2-4H3/t14?,19-,20?/m0/s1. The van der Waals surface area contributed by atoms with Crippen LogP contribution in [-0.2, 0) is 25.5 Å². The number of ether oxygens (including phenoxy) is 4. The van der Waals surface area contributed by atoms with Crippen LogP contribution in [0.2, 0.25) is 0 Å². The van der Waals surface area contributed by atoms with E-state index in [1.54, 1.807) is 43.5 Å². The van der Waals surface area contributed by atoms with Crippen LogP contribution >= 0.6 is 0 Å². The molecule has 2 rings (SSSR count). The van der Waals surface area contributed by atoms with E-state index in [1.807, 2.05) is 6.07 Å². The second kappa shape index (κ2) is 11.1. The maximum absolute atomic E-state index is 12.5. The van der Waals surface area contributed by atoms with E-state index in [0.717, 1.165) is 5.56 Å². The van der Waals surface area contributed by atoms with E-state index >= 15 is 0 Å². The highest BCUT2D eigenvalue weighted by Gasteiger charge is 2.30. The molecule has 0 aromatic heterocycles. The summed E-state index contributed by atoms with van der Waals surface area (Å²) in [5.74, 6) is -0.787. The maximum Gasteiger partial charge on any atom is 0.347 e. The molecule has 8 nitrogen and oxygen atoms in total. The molecule has 0 radical (unpaired) electrons. The van der Waals surface area contributed by atoms with Crippen molar-refractivity contribution in [3.05, 3.63) is 60.3 Å². The minimum atomic E-state index is -1.45. The molecular weight excluding hydrogens is 390 g/mol. The van der Waals surface area contributed by atoms with Crippen molar-refractivity contribution in [2.24, 2.45) is 0 Å². The fraction of sp³-hybridized carbons (Fsp3) is 0.364. The second-order valence-electron chi connectivity index (χ2n) is 6.57. The number of rotatable bonds is 10. The Morgan fingerprint density at radius 1 is 1.30 bits per heavy atom. The van der Waals surface area contributed by atoms with E-state index in [2.05, 4.69) is 11.9 Å². The maximum atomic E-state index is 12.5. The van der Waals surface area contributed by atoms with Crippen molar-refractivity contribution in [2.45, 2.75) is 38.2 Å². The Balaban J connectivity index is 2.08. The van der Waals surface area contributed by atoms with Crippen molar-refractivity contribution in [3.63, 3.8) is 0 Å². The van der Waals surface area contributed by atoms with Gasteiger partial charge < -0.3 is 29.4 Å². The summed E-state index contributed by atoms with van der Waals surface area (Å²) < 4.78 is 20.8. The lowest BCUT2D eigenvalue weighted by atomic mass is 10.1. The molecule has 1 aliphatic rings. The number of hydrogen-bond acceptors (Lipinski definition) is 8. The number of methoxy groups -OCH3 is 2. The van der Waals surface area contributed by atoms with Crippen LogP contribution in [0.25, 0.3) is 0 Å². The highest BCUT2D eigenvalue weighted by Crippen LogP contribution is 2.29. The van der Waals surface area contributed by atoms with Gasteiger partial charge in [0.25, 0.3) is 0 Å². The van der Waals surface area contributed by atoms with Gasteiger partial charge in [0.05, 0.1) is 32.3 Å². The summed E-state index contributed by atoms with van der Waals surface area (Å²) in [6.45, 7) is 5.47. The third kappa shape index (κ3) is 6.12. The second-order valence-corrected chi connectivity index (χ2v) is 6.57. The lowest BCUT2D eigenvalue weighted by Gasteiger charge is -2.23. The first-order chi connectivity index (χ1) is 14.4. The molecular formula is C22H27NO7. The van der Waals surface area contributed by atoms with Crippen molar-refractivity contribution in [3.8, 4) is 11.5 Å². The van der Waals surface area contributed by atoms with Crippen LogP contribution in [0.3, 0.4) is 0 Å². The largest absolute Gasteiger partial charge is 0.493 e.